The van der Waals surface area contributed by atoms with Gasteiger partial charge in [0.05, 0.1) is 28.4 Å². The molecular formula is C32H34ClFN10O2S. The van der Waals surface area contributed by atoms with Crippen LogP contribution >= 0.6 is 22.9 Å². The van der Waals surface area contributed by atoms with Crippen molar-refractivity contribution >= 4 is 45.4 Å². The number of nitrogen functional groups attached to an aromatic ring is 1. The average Bonchev–Trinajstić information content (AvgIpc) is 3.78. The van der Waals surface area contributed by atoms with Crippen molar-refractivity contribution in [2.45, 2.75) is 75.7 Å². The molecule has 5 aliphatic rings. The number of ketones is 1. The largest absolute Gasteiger partial charge is 0.461 e. The molecule has 2 N–H and O–H groups in total. The van der Waals surface area contributed by atoms with Crippen LogP contribution in [0.2, 0.25) is 5.02 Å². The number of hydrogen-bond acceptors (Lipinski definition) is 12. The van der Waals surface area contributed by atoms with E-state index in [1.807, 2.05) is 4.90 Å². The topological polar surface area (TPSA) is 153 Å². The van der Waals surface area contributed by atoms with Gasteiger partial charge in [-0.05, 0) is 44.2 Å². The van der Waals surface area contributed by atoms with E-state index >= 15 is 0 Å². The summed E-state index contributed by atoms with van der Waals surface area (Å²) in [6.07, 6.45) is 3.81. The lowest BCUT2D eigenvalue weighted by molar-refractivity contribution is 0.101. The summed E-state index contributed by atoms with van der Waals surface area (Å²) in [5.41, 5.74) is 8.43. The van der Waals surface area contributed by atoms with Gasteiger partial charge in [-0.25, -0.2) is 4.39 Å². The second-order valence-corrected chi connectivity index (χ2v) is 15.1. The molecule has 0 radical (unpaired) electrons. The number of nitriles is 2. The van der Waals surface area contributed by atoms with E-state index in [0.29, 0.717) is 84.0 Å². The maximum absolute atomic E-state index is 14.6. The molecule has 2 atom stereocenters. The fraction of sp³-hybridized carbons (Fsp3) is 0.562. The molecule has 7 heterocycles. The molecular weight excluding hydrogens is 643 g/mol. The second kappa shape index (κ2) is 11.0. The molecule has 1 spiro atoms. The number of carbonyl (C=O) groups is 1. The van der Waals surface area contributed by atoms with E-state index < -0.39 is 11.7 Å². The molecule has 0 amide bonds. The summed E-state index contributed by atoms with van der Waals surface area (Å²) in [4.78, 5) is 29.3. The quantitative estimate of drug-likeness (QED) is 0.377. The number of anilines is 3. The summed E-state index contributed by atoms with van der Waals surface area (Å²) in [6.45, 7) is 5.53. The molecule has 244 valence electrons. The van der Waals surface area contributed by atoms with Crippen molar-refractivity contribution in [3.05, 3.63) is 38.0 Å². The molecule has 12 nitrogen and oxygen atoms in total. The summed E-state index contributed by atoms with van der Waals surface area (Å²) < 4.78 is 22.7. The number of aromatic nitrogens is 4. The standard InChI is InChI=1S/C32H34ClFN10O2S/c1-18(45)26-25(33)22-14-41(7-3-9-44(22)40-26)28-21(12-36)29(39-30(38-28)46-17-32-5-2-8-43(32)13-19(34)10-32)42-15-31(16-42)6-4-23-24(31)20(11-35)27(37)47-23/h19H,2-10,13-17,37H2,1H3/t19-,32+/m1/s1. The summed E-state index contributed by atoms with van der Waals surface area (Å²) in [5, 5.41) is 25.8. The van der Waals surface area contributed by atoms with Crippen LogP contribution in [0.25, 0.3) is 0 Å². The monoisotopic (exact) mass is 676 g/mol. The van der Waals surface area contributed by atoms with Crippen LogP contribution in [0.1, 0.15) is 76.8 Å². The minimum Gasteiger partial charge on any atom is -0.461 e. The van der Waals surface area contributed by atoms with Crippen LogP contribution in [-0.2, 0) is 24.9 Å². The third kappa shape index (κ3) is 4.67. The normalized spacial score (nSPS) is 24.3. The van der Waals surface area contributed by atoms with Gasteiger partial charge in [-0.2, -0.15) is 25.6 Å². The van der Waals surface area contributed by atoms with Gasteiger partial charge in [-0.1, -0.05) is 11.6 Å². The van der Waals surface area contributed by atoms with Gasteiger partial charge >= 0.3 is 6.01 Å². The molecule has 15 heteroatoms. The number of halogens is 2. The highest BCUT2D eigenvalue weighted by Crippen LogP contribution is 2.53. The molecule has 0 aromatic carbocycles. The Balaban J connectivity index is 1.16. The number of carbonyl (C=O) groups excluding carboxylic acids is 1. The Morgan fingerprint density at radius 3 is 2.64 bits per heavy atom. The molecule has 3 fully saturated rings. The first kappa shape index (κ1) is 30.4. The Morgan fingerprint density at radius 2 is 1.89 bits per heavy atom. The van der Waals surface area contributed by atoms with Gasteiger partial charge in [-0.15, -0.1) is 11.3 Å². The van der Waals surface area contributed by atoms with Gasteiger partial charge < -0.3 is 20.3 Å². The number of aryl methyl sites for hydroxylation is 2. The van der Waals surface area contributed by atoms with E-state index in [1.54, 1.807) is 4.68 Å². The molecule has 4 aliphatic heterocycles. The number of ether oxygens (including phenoxy) is 1. The average molecular weight is 677 g/mol. The van der Waals surface area contributed by atoms with Crippen LogP contribution in [0.15, 0.2) is 0 Å². The molecule has 3 saturated heterocycles. The SMILES string of the molecule is CC(=O)c1nn2c(c1Cl)CN(c1nc(OC[C@@]34CCCN3C[C@H](F)C4)nc(N3CC4(CCc5sc(N)c(C#N)c54)C3)c1C#N)CCC2. The fourth-order valence-electron chi connectivity index (χ4n) is 8.55. The van der Waals surface area contributed by atoms with Crippen LogP contribution in [0.5, 0.6) is 6.01 Å². The Labute approximate surface area is 280 Å². The van der Waals surface area contributed by atoms with Gasteiger partial charge in [0.15, 0.2) is 17.4 Å². The highest BCUT2D eigenvalue weighted by atomic mass is 35.5. The summed E-state index contributed by atoms with van der Waals surface area (Å²) >= 11 is 8.17. The molecule has 0 unspecified atom stereocenters. The van der Waals surface area contributed by atoms with Gasteiger partial charge in [-0.3, -0.25) is 14.4 Å². The molecule has 47 heavy (non-hydrogen) atoms. The van der Waals surface area contributed by atoms with Crippen molar-refractivity contribution in [2.24, 2.45) is 0 Å². The van der Waals surface area contributed by atoms with Crippen molar-refractivity contribution in [1.29, 1.82) is 10.5 Å². The maximum atomic E-state index is 14.6. The van der Waals surface area contributed by atoms with Gasteiger partial charge in [0.1, 0.15) is 41.2 Å². The summed E-state index contributed by atoms with van der Waals surface area (Å²) in [7, 11) is 0. The zero-order chi connectivity index (χ0) is 32.7. The van der Waals surface area contributed by atoms with Gasteiger partial charge in [0, 0.05) is 56.4 Å². The first-order valence-electron chi connectivity index (χ1n) is 16.1. The number of hydrogen-bond donors (Lipinski definition) is 1. The van der Waals surface area contributed by atoms with Crippen molar-refractivity contribution in [3.63, 3.8) is 0 Å². The minimum atomic E-state index is -0.892. The predicted molar refractivity (Wildman–Crippen MR) is 174 cm³/mol. The Kier molecular flexibility index (Phi) is 7.13. The van der Waals surface area contributed by atoms with Crippen LogP contribution in [-0.4, -0.2) is 81.5 Å². The Bertz CT molecular complexity index is 1890. The van der Waals surface area contributed by atoms with E-state index in [9.17, 15) is 19.7 Å². The number of fused-ring (bicyclic) bond motifs is 4. The number of nitrogens with two attached hydrogens (primary N) is 1. The second-order valence-electron chi connectivity index (χ2n) is 13.6. The third-order valence-electron chi connectivity index (χ3n) is 10.7. The zero-order valence-corrected chi connectivity index (χ0v) is 27.6. The highest BCUT2D eigenvalue weighted by Gasteiger charge is 2.53. The first-order valence-corrected chi connectivity index (χ1v) is 17.3. The zero-order valence-electron chi connectivity index (χ0n) is 26.1. The lowest BCUT2D eigenvalue weighted by Crippen LogP contribution is -2.59. The van der Waals surface area contributed by atoms with Crippen molar-refractivity contribution < 1.29 is 13.9 Å². The first-order chi connectivity index (χ1) is 22.6. The molecule has 3 aromatic heterocycles. The molecule has 3 aromatic rings. The van der Waals surface area contributed by atoms with Crippen LogP contribution < -0.4 is 20.3 Å². The number of rotatable bonds is 6. The Hall–Kier alpha value is -3.98. The fourth-order valence-corrected chi connectivity index (χ4v) is 10.0. The maximum Gasteiger partial charge on any atom is 0.320 e. The van der Waals surface area contributed by atoms with Gasteiger partial charge in [0.2, 0.25) is 0 Å². The van der Waals surface area contributed by atoms with Crippen molar-refractivity contribution in [1.82, 2.24) is 24.6 Å². The smallest absolute Gasteiger partial charge is 0.320 e. The number of thiophene rings is 1. The van der Waals surface area contributed by atoms with E-state index in [2.05, 4.69) is 27.0 Å². The number of nitrogens with zero attached hydrogens (tertiary/aromatic N) is 9. The van der Waals surface area contributed by atoms with E-state index in [0.717, 1.165) is 42.7 Å². The summed E-state index contributed by atoms with van der Waals surface area (Å²) in [6, 6.07) is 4.84. The van der Waals surface area contributed by atoms with E-state index in [4.69, 9.17) is 32.0 Å². The van der Waals surface area contributed by atoms with E-state index in [1.165, 1.54) is 18.3 Å². The minimum absolute atomic E-state index is 0.136. The van der Waals surface area contributed by atoms with Crippen LogP contribution in [0.4, 0.5) is 21.0 Å². The van der Waals surface area contributed by atoms with Gasteiger partial charge in [0.25, 0.3) is 0 Å². The van der Waals surface area contributed by atoms with Crippen molar-refractivity contribution in [3.8, 4) is 18.1 Å². The van der Waals surface area contributed by atoms with Crippen molar-refractivity contribution in [2.75, 3.05) is 54.9 Å². The lowest BCUT2D eigenvalue weighted by atomic mass is 9.74. The molecule has 8 rings (SSSR count). The van der Waals surface area contributed by atoms with Crippen LogP contribution in [0, 0.1) is 22.7 Å². The lowest BCUT2D eigenvalue weighted by Gasteiger charge is -2.49. The highest BCUT2D eigenvalue weighted by molar-refractivity contribution is 7.16. The Morgan fingerprint density at radius 1 is 1.13 bits per heavy atom. The molecule has 1 aliphatic carbocycles. The molecule has 0 saturated carbocycles. The van der Waals surface area contributed by atoms with Crippen LogP contribution in [0.3, 0.4) is 0 Å². The predicted octanol–water partition coefficient (Wildman–Crippen LogP) is 3.99. The number of alkyl halides is 1. The number of Topliss-reactive ketones (excluding diaryl/α,β-unsaturated/α-hetero) is 1. The third-order valence-corrected chi connectivity index (χ3v) is 12.2. The summed E-state index contributed by atoms with van der Waals surface area (Å²) in [5.74, 6) is 0.678. The molecule has 0 bridgehead atoms. The van der Waals surface area contributed by atoms with E-state index in [-0.39, 0.29) is 36.1 Å².